The monoisotopic (exact) mass is 257 g/mol. The Balaban J connectivity index is 2.80. The zero-order valence-corrected chi connectivity index (χ0v) is 10.9. The van der Waals surface area contributed by atoms with Crippen molar-refractivity contribution in [2.45, 2.75) is 20.4 Å². The molecule has 0 heterocycles. The van der Waals surface area contributed by atoms with Crippen LogP contribution in [-0.4, -0.2) is 13.2 Å². The first-order valence-corrected chi connectivity index (χ1v) is 5.99. The van der Waals surface area contributed by atoms with Gasteiger partial charge in [0.25, 0.3) is 0 Å². The van der Waals surface area contributed by atoms with E-state index < -0.39 is 0 Å². The van der Waals surface area contributed by atoms with Gasteiger partial charge in [0.2, 0.25) is 0 Å². The molecule has 4 heteroatoms. The molecule has 1 N–H and O–H groups in total. The molecule has 0 aliphatic rings. The molecule has 1 rings (SSSR count). The van der Waals surface area contributed by atoms with E-state index in [-0.39, 0.29) is 5.82 Å². The standard InChI is InChI=1S/C13H17ClFNO/c1-3-16-8-11-5-4-6-12(15)13(11)17-9-10(2)7-14/h4-7,16H,3,8-9H2,1-2H3/b10-7+. The summed E-state index contributed by atoms with van der Waals surface area (Å²) >= 11 is 5.53. The molecule has 17 heavy (non-hydrogen) atoms. The highest BCUT2D eigenvalue weighted by atomic mass is 35.5. The molecule has 0 atom stereocenters. The molecule has 0 unspecified atom stereocenters. The predicted octanol–water partition coefficient (Wildman–Crippen LogP) is 3.46. The predicted molar refractivity (Wildman–Crippen MR) is 68.9 cm³/mol. The molecule has 1 aromatic carbocycles. The molecule has 0 amide bonds. The highest BCUT2D eigenvalue weighted by Crippen LogP contribution is 2.23. The van der Waals surface area contributed by atoms with Crippen LogP contribution in [0.3, 0.4) is 0 Å². The number of ether oxygens (including phenoxy) is 1. The van der Waals surface area contributed by atoms with Crippen LogP contribution in [0.4, 0.5) is 4.39 Å². The lowest BCUT2D eigenvalue weighted by atomic mass is 10.2. The topological polar surface area (TPSA) is 21.3 Å². The van der Waals surface area contributed by atoms with Gasteiger partial charge in [0, 0.05) is 17.6 Å². The summed E-state index contributed by atoms with van der Waals surface area (Å²) in [6, 6.07) is 4.92. The quantitative estimate of drug-likeness (QED) is 0.843. The van der Waals surface area contributed by atoms with E-state index in [1.807, 2.05) is 19.9 Å². The van der Waals surface area contributed by atoms with Crippen LogP contribution in [0.2, 0.25) is 0 Å². The summed E-state index contributed by atoms with van der Waals surface area (Å²) in [6.07, 6.45) is 0. The van der Waals surface area contributed by atoms with Crippen LogP contribution >= 0.6 is 11.6 Å². The summed E-state index contributed by atoms with van der Waals surface area (Å²) in [5, 5.41) is 3.15. The van der Waals surface area contributed by atoms with Crippen molar-refractivity contribution < 1.29 is 9.13 Å². The molecular weight excluding hydrogens is 241 g/mol. The van der Waals surface area contributed by atoms with E-state index in [9.17, 15) is 4.39 Å². The van der Waals surface area contributed by atoms with E-state index >= 15 is 0 Å². The Labute approximate surface area is 106 Å². The van der Waals surface area contributed by atoms with Crippen molar-refractivity contribution in [1.29, 1.82) is 0 Å². The van der Waals surface area contributed by atoms with Gasteiger partial charge in [0.05, 0.1) is 0 Å². The van der Waals surface area contributed by atoms with Crippen molar-refractivity contribution >= 4 is 11.6 Å². The Kier molecular flexibility index (Phi) is 6.01. The first kappa shape index (κ1) is 14.0. The van der Waals surface area contributed by atoms with Gasteiger partial charge in [-0.25, -0.2) is 4.39 Å². The Morgan fingerprint density at radius 3 is 2.94 bits per heavy atom. The fourth-order valence-corrected chi connectivity index (χ4v) is 1.39. The number of nitrogens with one attached hydrogen (secondary N) is 1. The Hall–Kier alpha value is -1.06. The summed E-state index contributed by atoms with van der Waals surface area (Å²) in [5.41, 5.74) is 3.10. The smallest absolute Gasteiger partial charge is 0.165 e. The van der Waals surface area contributed by atoms with Gasteiger partial charge >= 0.3 is 0 Å². The molecule has 0 fully saturated rings. The van der Waals surface area contributed by atoms with Crippen molar-refractivity contribution in [2.75, 3.05) is 13.2 Å². The Morgan fingerprint density at radius 1 is 1.53 bits per heavy atom. The second-order valence-electron chi connectivity index (χ2n) is 3.75. The number of hydrogen-bond acceptors (Lipinski definition) is 2. The van der Waals surface area contributed by atoms with Crippen LogP contribution in [0.1, 0.15) is 19.4 Å². The first-order chi connectivity index (χ1) is 8.19. The van der Waals surface area contributed by atoms with E-state index in [2.05, 4.69) is 5.32 Å². The Morgan fingerprint density at radius 2 is 2.29 bits per heavy atom. The molecule has 2 nitrogen and oxygen atoms in total. The highest BCUT2D eigenvalue weighted by molar-refractivity contribution is 6.25. The summed E-state index contributed by atoms with van der Waals surface area (Å²) < 4.78 is 19.1. The molecular formula is C13H17ClFNO. The van der Waals surface area contributed by atoms with Crippen LogP contribution in [0.25, 0.3) is 0 Å². The molecule has 0 saturated carbocycles. The molecule has 0 saturated heterocycles. The molecule has 1 aromatic rings. The van der Waals surface area contributed by atoms with Gasteiger partial charge in [-0.05, 0) is 25.1 Å². The summed E-state index contributed by atoms with van der Waals surface area (Å²) in [5.74, 6) is -0.0471. The number of halogens is 2. The SMILES string of the molecule is CCNCc1cccc(F)c1OC/C(C)=C/Cl. The van der Waals surface area contributed by atoms with Gasteiger partial charge in [-0.1, -0.05) is 30.7 Å². The normalized spacial score (nSPS) is 11.6. The minimum absolute atomic E-state index is 0.295. The van der Waals surface area contributed by atoms with Crippen LogP contribution in [-0.2, 0) is 6.54 Å². The maximum absolute atomic E-state index is 13.6. The van der Waals surface area contributed by atoms with Gasteiger partial charge in [-0.15, -0.1) is 0 Å². The van der Waals surface area contributed by atoms with Gasteiger partial charge in [-0.3, -0.25) is 0 Å². The molecule has 0 bridgehead atoms. The first-order valence-electron chi connectivity index (χ1n) is 5.55. The Bertz CT molecular complexity index is 393. The number of benzene rings is 1. The number of para-hydroxylation sites is 1. The third-order valence-electron chi connectivity index (χ3n) is 2.24. The summed E-state index contributed by atoms with van der Waals surface area (Å²) in [6.45, 7) is 5.55. The lowest BCUT2D eigenvalue weighted by Crippen LogP contribution is -2.13. The van der Waals surface area contributed by atoms with E-state index in [4.69, 9.17) is 16.3 Å². The minimum atomic E-state index is -0.345. The average Bonchev–Trinajstić information content (AvgIpc) is 2.34. The van der Waals surface area contributed by atoms with Gasteiger partial charge in [0.1, 0.15) is 6.61 Å². The number of rotatable bonds is 6. The van der Waals surface area contributed by atoms with Crippen LogP contribution in [0.15, 0.2) is 29.3 Å². The van der Waals surface area contributed by atoms with Crippen molar-refractivity contribution in [3.05, 3.63) is 40.7 Å². The molecule has 0 aromatic heterocycles. The van der Waals surface area contributed by atoms with Crippen LogP contribution in [0.5, 0.6) is 5.75 Å². The maximum Gasteiger partial charge on any atom is 0.165 e. The fourth-order valence-electron chi connectivity index (χ4n) is 1.33. The molecule has 0 spiro atoms. The maximum atomic E-state index is 13.6. The van der Waals surface area contributed by atoms with E-state index in [1.165, 1.54) is 11.6 Å². The second-order valence-corrected chi connectivity index (χ2v) is 3.97. The third-order valence-corrected chi connectivity index (χ3v) is 2.62. The van der Waals surface area contributed by atoms with Crippen molar-refractivity contribution in [1.82, 2.24) is 5.32 Å². The molecule has 0 aliphatic heterocycles. The fraction of sp³-hybridized carbons (Fsp3) is 0.385. The lowest BCUT2D eigenvalue weighted by Gasteiger charge is -2.12. The third kappa shape index (κ3) is 4.36. The number of hydrogen-bond donors (Lipinski definition) is 1. The molecule has 94 valence electrons. The second kappa shape index (κ2) is 7.30. The summed E-state index contributed by atoms with van der Waals surface area (Å²) in [4.78, 5) is 0. The van der Waals surface area contributed by atoms with Crippen molar-refractivity contribution in [2.24, 2.45) is 0 Å². The van der Waals surface area contributed by atoms with Crippen LogP contribution in [0, 0.1) is 5.82 Å². The van der Waals surface area contributed by atoms with Crippen molar-refractivity contribution in [3.63, 3.8) is 0 Å². The van der Waals surface area contributed by atoms with Gasteiger partial charge in [-0.2, -0.15) is 0 Å². The minimum Gasteiger partial charge on any atom is -0.486 e. The van der Waals surface area contributed by atoms with Gasteiger partial charge < -0.3 is 10.1 Å². The average molecular weight is 258 g/mol. The van der Waals surface area contributed by atoms with Crippen molar-refractivity contribution in [3.8, 4) is 5.75 Å². The van der Waals surface area contributed by atoms with Gasteiger partial charge in [0.15, 0.2) is 11.6 Å². The molecule has 0 radical (unpaired) electrons. The van der Waals surface area contributed by atoms with E-state index in [0.717, 1.165) is 17.7 Å². The van der Waals surface area contributed by atoms with Crippen LogP contribution < -0.4 is 10.1 Å². The highest BCUT2D eigenvalue weighted by Gasteiger charge is 2.09. The molecule has 0 aliphatic carbocycles. The zero-order valence-electron chi connectivity index (χ0n) is 10.1. The van der Waals surface area contributed by atoms with E-state index in [0.29, 0.717) is 18.9 Å². The zero-order chi connectivity index (χ0) is 12.7. The largest absolute Gasteiger partial charge is 0.486 e. The lowest BCUT2D eigenvalue weighted by molar-refractivity contribution is 0.327. The summed E-state index contributed by atoms with van der Waals surface area (Å²) in [7, 11) is 0. The van der Waals surface area contributed by atoms with E-state index in [1.54, 1.807) is 6.07 Å².